The summed E-state index contributed by atoms with van der Waals surface area (Å²) in [6, 6.07) is 13.5. The third kappa shape index (κ3) is 4.27. The molecule has 1 aromatic heterocycles. The Bertz CT molecular complexity index is 1070. The first kappa shape index (κ1) is 19.7. The Balaban J connectivity index is 1.89. The minimum absolute atomic E-state index is 0.514. The summed E-state index contributed by atoms with van der Waals surface area (Å²) in [4.78, 5) is 25.0. The van der Waals surface area contributed by atoms with E-state index in [0.29, 0.717) is 9.90 Å². The molecule has 0 saturated heterocycles. The molecule has 28 heavy (non-hydrogen) atoms. The second kappa shape index (κ2) is 8.33. The van der Waals surface area contributed by atoms with Crippen molar-refractivity contribution < 1.29 is 23.5 Å². The van der Waals surface area contributed by atoms with Crippen molar-refractivity contribution in [3.63, 3.8) is 0 Å². The zero-order valence-electron chi connectivity index (χ0n) is 14.1. The van der Waals surface area contributed by atoms with Crippen molar-refractivity contribution in [1.29, 1.82) is 0 Å². The van der Waals surface area contributed by atoms with Gasteiger partial charge in [0.2, 0.25) is 0 Å². The minimum Gasteiger partial charge on any atom is -0.477 e. The lowest BCUT2D eigenvalue weighted by atomic mass is 10.1. The van der Waals surface area contributed by atoms with Crippen LogP contribution in [-0.4, -0.2) is 17.0 Å². The number of benzene rings is 2. The second-order valence-electron chi connectivity index (χ2n) is 5.60. The van der Waals surface area contributed by atoms with Crippen LogP contribution in [0.25, 0.3) is 16.5 Å². The van der Waals surface area contributed by atoms with E-state index >= 15 is 0 Å². The van der Waals surface area contributed by atoms with Crippen LogP contribution in [-0.2, 0) is 4.79 Å². The highest BCUT2D eigenvalue weighted by Gasteiger charge is 2.20. The van der Waals surface area contributed by atoms with Gasteiger partial charge >= 0.3 is 5.97 Å². The highest BCUT2D eigenvalue weighted by Crippen LogP contribution is 2.33. The standard InChI is InChI=1S/C20H12ClF2NO3S/c21-13-5-2-1-4-12(13)17-9-8-11(28-17)10-16(20(26)27)24-19(25)18-14(22)6-3-7-15(18)23/h1-10H,(H,24,25)(H,26,27)/b16-10+. The monoisotopic (exact) mass is 419 g/mol. The Labute approximate surface area is 167 Å². The number of carbonyl (C=O) groups is 2. The van der Waals surface area contributed by atoms with Gasteiger partial charge in [-0.15, -0.1) is 11.3 Å². The van der Waals surface area contributed by atoms with E-state index in [1.807, 2.05) is 17.4 Å². The van der Waals surface area contributed by atoms with Gasteiger partial charge in [0.25, 0.3) is 5.91 Å². The minimum atomic E-state index is -1.45. The Morgan fingerprint density at radius 1 is 1.00 bits per heavy atom. The molecule has 2 N–H and O–H groups in total. The predicted octanol–water partition coefficient (Wildman–Crippen LogP) is 5.20. The van der Waals surface area contributed by atoms with Crippen molar-refractivity contribution in [3.8, 4) is 10.4 Å². The molecule has 0 aliphatic heterocycles. The summed E-state index contributed by atoms with van der Waals surface area (Å²) >= 11 is 7.41. The number of aliphatic carboxylic acids is 1. The van der Waals surface area contributed by atoms with Crippen LogP contribution in [0.4, 0.5) is 8.78 Å². The van der Waals surface area contributed by atoms with Crippen LogP contribution in [0, 0.1) is 11.6 Å². The van der Waals surface area contributed by atoms with E-state index in [1.165, 1.54) is 17.4 Å². The van der Waals surface area contributed by atoms with Gasteiger partial charge in [-0.05, 0) is 36.4 Å². The van der Waals surface area contributed by atoms with E-state index in [1.54, 1.807) is 24.3 Å². The summed E-state index contributed by atoms with van der Waals surface area (Å²) in [5.74, 6) is -4.80. The Hall–Kier alpha value is -3.03. The maximum Gasteiger partial charge on any atom is 0.352 e. The number of halogens is 3. The van der Waals surface area contributed by atoms with Crippen molar-refractivity contribution in [2.75, 3.05) is 0 Å². The van der Waals surface area contributed by atoms with E-state index in [9.17, 15) is 23.5 Å². The third-order valence-electron chi connectivity index (χ3n) is 3.72. The van der Waals surface area contributed by atoms with Crippen LogP contribution in [0.3, 0.4) is 0 Å². The lowest BCUT2D eigenvalue weighted by Gasteiger charge is -2.07. The van der Waals surface area contributed by atoms with Gasteiger partial charge in [-0.25, -0.2) is 13.6 Å². The SMILES string of the molecule is O=C(O)/C(=C\c1ccc(-c2ccccc2Cl)s1)NC(=O)c1c(F)cccc1F. The number of hydrogen-bond donors (Lipinski definition) is 2. The molecule has 0 saturated carbocycles. The lowest BCUT2D eigenvalue weighted by molar-refractivity contribution is -0.132. The largest absolute Gasteiger partial charge is 0.477 e. The summed E-state index contributed by atoms with van der Waals surface area (Å²) in [5, 5.41) is 11.9. The van der Waals surface area contributed by atoms with Crippen LogP contribution in [0.5, 0.6) is 0 Å². The maximum atomic E-state index is 13.7. The van der Waals surface area contributed by atoms with Gasteiger partial charge in [0.05, 0.1) is 0 Å². The first-order chi connectivity index (χ1) is 13.4. The first-order valence-corrected chi connectivity index (χ1v) is 9.11. The van der Waals surface area contributed by atoms with Gasteiger partial charge in [0, 0.05) is 20.3 Å². The first-order valence-electron chi connectivity index (χ1n) is 7.92. The molecular formula is C20H12ClF2NO3S. The number of nitrogens with one attached hydrogen (secondary N) is 1. The van der Waals surface area contributed by atoms with Crippen LogP contribution in [0.2, 0.25) is 5.02 Å². The second-order valence-corrected chi connectivity index (χ2v) is 7.12. The van der Waals surface area contributed by atoms with Gasteiger partial charge in [-0.1, -0.05) is 35.9 Å². The predicted molar refractivity (Wildman–Crippen MR) is 104 cm³/mol. The summed E-state index contributed by atoms with van der Waals surface area (Å²) in [5.41, 5.74) is -0.582. The maximum absolute atomic E-state index is 13.7. The molecule has 3 rings (SSSR count). The Morgan fingerprint density at radius 2 is 1.68 bits per heavy atom. The molecule has 0 aliphatic carbocycles. The fraction of sp³-hybridized carbons (Fsp3) is 0. The van der Waals surface area contributed by atoms with E-state index in [0.717, 1.165) is 28.6 Å². The molecule has 142 valence electrons. The quantitative estimate of drug-likeness (QED) is 0.558. The molecule has 0 radical (unpaired) electrons. The Morgan fingerprint density at radius 3 is 2.32 bits per heavy atom. The van der Waals surface area contributed by atoms with Crippen LogP contribution in [0.15, 0.2) is 60.3 Å². The number of hydrogen-bond acceptors (Lipinski definition) is 3. The number of carboxylic acids is 1. The lowest BCUT2D eigenvalue weighted by Crippen LogP contribution is -2.28. The molecule has 0 unspecified atom stereocenters. The average Bonchev–Trinajstić information content (AvgIpc) is 3.09. The number of carbonyl (C=O) groups excluding carboxylic acids is 1. The molecule has 0 spiro atoms. The number of rotatable bonds is 5. The zero-order chi connectivity index (χ0) is 20.3. The van der Waals surface area contributed by atoms with Crippen LogP contribution < -0.4 is 5.32 Å². The molecule has 0 bridgehead atoms. The van der Waals surface area contributed by atoms with Gasteiger partial charge < -0.3 is 10.4 Å². The fourth-order valence-electron chi connectivity index (χ4n) is 2.43. The molecule has 1 heterocycles. The molecule has 3 aromatic rings. The third-order valence-corrected chi connectivity index (χ3v) is 5.12. The molecule has 0 aliphatic rings. The van der Waals surface area contributed by atoms with Crippen molar-refractivity contribution in [1.82, 2.24) is 5.32 Å². The van der Waals surface area contributed by atoms with Gasteiger partial charge in [0.1, 0.15) is 22.9 Å². The molecule has 1 amide bonds. The highest BCUT2D eigenvalue weighted by molar-refractivity contribution is 7.16. The van der Waals surface area contributed by atoms with E-state index in [4.69, 9.17) is 11.6 Å². The average molecular weight is 420 g/mol. The van der Waals surface area contributed by atoms with E-state index < -0.39 is 34.8 Å². The van der Waals surface area contributed by atoms with Gasteiger partial charge in [0.15, 0.2) is 0 Å². The highest BCUT2D eigenvalue weighted by atomic mass is 35.5. The summed E-state index contributed by atoms with van der Waals surface area (Å²) in [7, 11) is 0. The number of carboxylic acid groups (broad SMARTS) is 1. The molecule has 2 aromatic carbocycles. The molecular weight excluding hydrogens is 408 g/mol. The summed E-state index contributed by atoms with van der Waals surface area (Å²) < 4.78 is 27.5. The van der Waals surface area contributed by atoms with Gasteiger partial charge in [-0.2, -0.15) is 0 Å². The molecule has 0 fully saturated rings. The van der Waals surface area contributed by atoms with Crippen LogP contribution in [0.1, 0.15) is 15.2 Å². The summed E-state index contributed by atoms with van der Waals surface area (Å²) in [6.07, 6.45) is 1.21. The normalized spacial score (nSPS) is 11.3. The van der Waals surface area contributed by atoms with E-state index in [2.05, 4.69) is 0 Å². The fourth-order valence-corrected chi connectivity index (χ4v) is 3.71. The van der Waals surface area contributed by atoms with Gasteiger partial charge in [-0.3, -0.25) is 4.79 Å². The number of thiophene rings is 1. The van der Waals surface area contributed by atoms with Crippen molar-refractivity contribution in [2.24, 2.45) is 0 Å². The smallest absolute Gasteiger partial charge is 0.352 e. The molecule has 8 heteroatoms. The van der Waals surface area contributed by atoms with Crippen molar-refractivity contribution >= 4 is 40.9 Å². The van der Waals surface area contributed by atoms with Crippen molar-refractivity contribution in [2.45, 2.75) is 0 Å². The number of amides is 1. The van der Waals surface area contributed by atoms with Crippen molar-refractivity contribution in [3.05, 3.63) is 87.4 Å². The topological polar surface area (TPSA) is 66.4 Å². The zero-order valence-corrected chi connectivity index (χ0v) is 15.7. The van der Waals surface area contributed by atoms with E-state index in [-0.39, 0.29) is 0 Å². The molecule has 4 nitrogen and oxygen atoms in total. The summed E-state index contributed by atoms with van der Waals surface area (Å²) in [6.45, 7) is 0. The Kier molecular flexibility index (Phi) is 5.87. The molecule has 0 atom stereocenters. The van der Waals surface area contributed by atoms with Crippen LogP contribution >= 0.6 is 22.9 Å².